The molecule has 0 saturated heterocycles. The molecule has 0 unspecified atom stereocenters. The third-order valence-electron chi connectivity index (χ3n) is 4.77. The van der Waals surface area contributed by atoms with Gasteiger partial charge in [-0.2, -0.15) is 13.2 Å². The molecule has 2 rings (SSSR count). The molecular weight excluding hydrogens is 465 g/mol. The van der Waals surface area contributed by atoms with Crippen LogP contribution in [0, 0.1) is 0 Å². The minimum atomic E-state index is -4.68. The normalized spacial score (nSPS) is 14.9. The zero-order valence-corrected chi connectivity index (χ0v) is 21.0. The molecule has 0 spiro atoms. The summed E-state index contributed by atoms with van der Waals surface area (Å²) in [5.41, 5.74) is 1.53. The molecule has 9 heteroatoms. The van der Waals surface area contributed by atoms with Crippen LogP contribution in [-0.2, 0) is 36.6 Å². The largest absolute Gasteiger partial charge is 0.466 e. The minimum absolute atomic E-state index is 0.0213. The summed E-state index contributed by atoms with van der Waals surface area (Å²) in [4.78, 5) is 11.3. The molecule has 0 fully saturated rings. The predicted octanol–water partition coefficient (Wildman–Crippen LogP) is 5.89. The Balaban J connectivity index is 2.35. The maximum Gasteiger partial charge on any atom is 0.416 e. The third kappa shape index (κ3) is 10.4. The fraction of sp³-hybridized carbons (Fsp3) is 0.480. The summed E-state index contributed by atoms with van der Waals surface area (Å²) in [6, 6.07) is 18.1. The highest BCUT2D eigenvalue weighted by molar-refractivity contribution is 6.69. The van der Waals surface area contributed by atoms with Gasteiger partial charge in [0.15, 0.2) is 14.4 Å². The first kappa shape index (κ1) is 28.0. The van der Waals surface area contributed by atoms with Crippen molar-refractivity contribution in [2.24, 2.45) is 0 Å². The van der Waals surface area contributed by atoms with Gasteiger partial charge in [0.25, 0.3) is 0 Å². The van der Waals surface area contributed by atoms with E-state index in [1.165, 1.54) is 6.92 Å². The van der Waals surface area contributed by atoms with Crippen molar-refractivity contribution in [2.45, 2.75) is 70.7 Å². The molecule has 34 heavy (non-hydrogen) atoms. The number of carbonyl (C=O) groups excluding carboxylic acids is 1. The second-order valence-corrected chi connectivity index (χ2v) is 13.4. The highest BCUT2D eigenvalue weighted by Gasteiger charge is 2.51. The lowest BCUT2D eigenvalue weighted by Gasteiger charge is -2.37. The zero-order chi connectivity index (χ0) is 25.2. The molecular formula is C25H33F3O5Si. The van der Waals surface area contributed by atoms with Gasteiger partial charge < -0.3 is 18.6 Å². The molecule has 0 N–H and O–H groups in total. The van der Waals surface area contributed by atoms with Crippen LogP contribution in [-0.4, -0.2) is 45.4 Å². The van der Waals surface area contributed by atoms with Gasteiger partial charge in [0, 0.05) is 13.3 Å². The van der Waals surface area contributed by atoms with E-state index in [2.05, 4.69) is 0 Å². The van der Waals surface area contributed by atoms with E-state index in [4.69, 9.17) is 18.6 Å². The van der Waals surface area contributed by atoms with E-state index in [9.17, 15) is 18.0 Å². The number of hydrogen-bond acceptors (Lipinski definition) is 5. The molecule has 188 valence electrons. The van der Waals surface area contributed by atoms with Gasteiger partial charge in [-0.1, -0.05) is 60.7 Å². The van der Waals surface area contributed by atoms with Crippen molar-refractivity contribution < 1.29 is 36.6 Å². The fourth-order valence-electron chi connectivity index (χ4n) is 3.30. The monoisotopic (exact) mass is 498 g/mol. The Labute approximate surface area is 200 Å². The van der Waals surface area contributed by atoms with Crippen LogP contribution in [0.15, 0.2) is 60.7 Å². The standard InChI is InChI=1S/C25H33F3O5Si/c1-19(29)30-16-15-22(31-17-20-11-7-5-8-12-20)23(32-18-21-13-9-6-10-14-21)24(25(26,27)28)33-34(2,3)4/h5-14,22-24H,15-18H2,1-4H3/t22-,23-,24+/m0/s1. The van der Waals surface area contributed by atoms with E-state index in [1.807, 2.05) is 36.4 Å². The quantitative estimate of drug-likeness (QED) is 0.255. The van der Waals surface area contributed by atoms with Crippen molar-refractivity contribution >= 4 is 14.3 Å². The first-order valence-electron chi connectivity index (χ1n) is 11.1. The van der Waals surface area contributed by atoms with Gasteiger partial charge in [0.2, 0.25) is 0 Å². The number of alkyl halides is 3. The summed E-state index contributed by atoms with van der Waals surface area (Å²) in [5, 5.41) is 0. The van der Waals surface area contributed by atoms with Crippen LogP contribution >= 0.6 is 0 Å². The fourth-order valence-corrected chi connectivity index (χ4v) is 4.33. The molecule has 0 aliphatic rings. The number of benzene rings is 2. The second kappa shape index (κ2) is 13.0. The number of halogens is 3. The highest BCUT2D eigenvalue weighted by Crippen LogP contribution is 2.33. The molecule has 0 saturated carbocycles. The predicted molar refractivity (Wildman–Crippen MR) is 126 cm³/mol. The van der Waals surface area contributed by atoms with E-state index in [-0.39, 0.29) is 26.2 Å². The molecule has 0 amide bonds. The molecule has 0 aromatic heterocycles. The number of ether oxygens (including phenoxy) is 3. The Hall–Kier alpha value is -2.20. The molecule has 0 aliphatic heterocycles. The molecule has 2 aromatic carbocycles. The van der Waals surface area contributed by atoms with Gasteiger partial charge in [-0.15, -0.1) is 0 Å². The van der Waals surface area contributed by atoms with Crippen molar-refractivity contribution in [3.63, 3.8) is 0 Å². The third-order valence-corrected chi connectivity index (χ3v) is 5.73. The van der Waals surface area contributed by atoms with Gasteiger partial charge in [-0.3, -0.25) is 4.79 Å². The van der Waals surface area contributed by atoms with Crippen molar-refractivity contribution in [3.05, 3.63) is 71.8 Å². The average molecular weight is 499 g/mol. The smallest absolute Gasteiger partial charge is 0.416 e. The minimum Gasteiger partial charge on any atom is -0.466 e. The average Bonchev–Trinajstić information content (AvgIpc) is 2.76. The topological polar surface area (TPSA) is 54.0 Å². The van der Waals surface area contributed by atoms with Crippen LogP contribution in [0.25, 0.3) is 0 Å². The van der Waals surface area contributed by atoms with Crippen molar-refractivity contribution in [1.82, 2.24) is 0 Å². The Kier molecular flexibility index (Phi) is 10.8. The van der Waals surface area contributed by atoms with E-state index < -0.39 is 38.8 Å². The van der Waals surface area contributed by atoms with Gasteiger partial charge in [0.1, 0.15) is 6.10 Å². The van der Waals surface area contributed by atoms with Crippen LogP contribution in [0.4, 0.5) is 13.2 Å². The molecule has 5 nitrogen and oxygen atoms in total. The van der Waals surface area contributed by atoms with Crippen LogP contribution < -0.4 is 0 Å². The summed E-state index contributed by atoms with van der Waals surface area (Å²) in [6.45, 7) is 6.25. The highest BCUT2D eigenvalue weighted by atomic mass is 28.4. The van der Waals surface area contributed by atoms with E-state index in [1.54, 1.807) is 43.9 Å². The molecule has 0 heterocycles. The molecule has 2 aromatic rings. The van der Waals surface area contributed by atoms with Gasteiger partial charge in [-0.25, -0.2) is 0 Å². The second-order valence-electron chi connectivity index (χ2n) is 8.92. The Morgan fingerprint density at radius 3 is 1.82 bits per heavy atom. The number of hydrogen-bond donors (Lipinski definition) is 0. The van der Waals surface area contributed by atoms with Gasteiger partial charge in [0.05, 0.1) is 25.9 Å². The van der Waals surface area contributed by atoms with Gasteiger partial charge in [-0.05, 0) is 30.8 Å². The van der Waals surface area contributed by atoms with E-state index >= 15 is 0 Å². The van der Waals surface area contributed by atoms with Crippen LogP contribution in [0.2, 0.25) is 19.6 Å². The van der Waals surface area contributed by atoms with Crippen LogP contribution in [0.5, 0.6) is 0 Å². The van der Waals surface area contributed by atoms with Crippen molar-refractivity contribution in [1.29, 1.82) is 0 Å². The summed E-state index contributed by atoms with van der Waals surface area (Å²) in [6.07, 6.45) is -9.36. The van der Waals surface area contributed by atoms with Crippen molar-refractivity contribution in [2.75, 3.05) is 6.61 Å². The first-order chi connectivity index (χ1) is 16.0. The van der Waals surface area contributed by atoms with E-state index in [0.717, 1.165) is 11.1 Å². The lowest BCUT2D eigenvalue weighted by Crippen LogP contribution is -2.54. The van der Waals surface area contributed by atoms with Crippen LogP contribution in [0.3, 0.4) is 0 Å². The Morgan fingerprint density at radius 1 is 0.882 bits per heavy atom. The van der Waals surface area contributed by atoms with E-state index in [0.29, 0.717) is 0 Å². The Bertz CT molecular complexity index is 856. The number of carbonyl (C=O) groups is 1. The van der Waals surface area contributed by atoms with Gasteiger partial charge >= 0.3 is 12.1 Å². The first-order valence-corrected chi connectivity index (χ1v) is 14.6. The summed E-state index contributed by atoms with van der Waals surface area (Å²) in [7, 11) is -2.62. The summed E-state index contributed by atoms with van der Waals surface area (Å²) >= 11 is 0. The zero-order valence-electron chi connectivity index (χ0n) is 20.0. The lowest BCUT2D eigenvalue weighted by molar-refractivity contribution is -0.251. The molecule has 0 aliphatic carbocycles. The maximum atomic E-state index is 14.3. The number of esters is 1. The maximum absolute atomic E-state index is 14.3. The number of rotatable bonds is 13. The molecule has 0 radical (unpaired) electrons. The Morgan fingerprint density at radius 2 is 1.38 bits per heavy atom. The lowest BCUT2D eigenvalue weighted by atomic mass is 10.0. The molecule has 0 bridgehead atoms. The van der Waals surface area contributed by atoms with Crippen LogP contribution in [0.1, 0.15) is 24.5 Å². The SMILES string of the molecule is CC(=O)OCC[C@H](OCc1ccccc1)[C@H](OCc1ccccc1)[C@@H](O[Si](C)(C)C)C(F)(F)F. The summed E-state index contributed by atoms with van der Waals surface area (Å²) in [5.74, 6) is -0.519. The summed E-state index contributed by atoms with van der Waals surface area (Å²) < 4.78 is 65.3. The van der Waals surface area contributed by atoms with Crippen molar-refractivity contribution in [3.8, 4) is 0 Å². The molecule has 3 atom stereocenters.